The minimum absolute atomic E-state index is 0.0253. The SMILES string of the molecule is CC1(C)CC(=O)N(C[C@@H](NC(=O)N[C@H](C(=O)N2C[C@H]3[C@H](CCC34CC4)[C@H]2C(=O)CC(CC2CC2)C(=O)C(N)=O)C2(C)CCCCC2)C(C)(C)C)C(=O)C1. The molecule has 6 fully saturated rings. The topological polar surface area (TPSA) is 176 Å². The third-order valence-electron chi connectivity index (χ3n) is 14.1. The van der Waals surface area contributed by atoms with Crippen molar-refractivity contribution in [2.45, 2.75) is 156 Å². The zero-order valence-corrected chi connectivity index (χ0v) is 32.9. The summed E-state index contributed by atoms with van der Waals surface area (Å²) < 4.78 is 0. The van der Waals surface area contributed by atoms with Gasteiger partial charge in [0.15, 0.2) is 5.78 Å². The van der Waals surface area contributed by atoms with E-state index in [4.69, 9.17) is 5.73 Å². The number of primary amides is 1. The van der Waals surface area contributed by atoms with Gasteiger partial charge < -0.3 is 21.3 Å². The van der Waals surface area contributed by atoms with E-state index in [1.165, 1.54) is 4.90 Å². The van der Waals surface area contributed by atoms with Gasteiger partial charge >= 0.3 is 6.03 Å². The molecule has 2 saturated heterocycles. The second-order valence-electron chi connectivity index (χ2n) is 20.0. The summed E-state index contributed by atoms with van der Waals surface area (Å²) in [5, 5.41) is 6.15. The average molecular weight is 738 g/mol. The van der Waals surface area contributed by atoms with Crippen LogP contribution in [-0.4, -0.2) is 82.2 Å². The highest BCUT2D eigenvalue weighted by Crippen LogP contribution is 2.66. The molecule has 1 spiro atoms. The van der Waals surface area contributed by atoms with E-state index in [0.29, 0.717) is 18.9 Å². The summed E-state index contributed by atoms with van der Waals surface area (Å²) in [6.07, 6.45) is 11.1. The largest absolute Gasteiger partial charge is 0.363 e. The molecule has 0 bridgehead atoms. The zero-order chi connectivity index (χ0) is 38.7. The van der Waals surface area contributed by atoms with Gasteiger partial charge in [0.25, 0.3) is 5.91 Å². The summed E-state index contributed by atoms with van der Waals surface area (Å²) in [4.78, 5) is 97.8. The van der Waals surface area contributed by atoms with Crippen molar-refractivity contribution in [3.05, 3.63) is 0 Å². The fourth-order valence-corrected chi connectivity index (χ4v) is 10.4. The van der Waals surface area contributed by atoms with Gasteiger partial charge in [-0.3, -0.25) is 33.7 Å². The number of nitrogens with one attached hydrogen (secondary N) is 2. The van der Waals surface area contributed by atoms with Gasteiger partial charge in [-0.15, -0.1) is 0 Å². The highest BCUT2D eigenvalue weighted by molar-refractivity contribution is 6.36. The van der Waals surface area contributed by atoms with Crippen LogP contribution in [0.2, 0.25) is 0 Å². The Balaban J connectivity index is 1.25. The maximum absolute atomic E-state index is 15.1. The van der Waals surface area contributed by atoms with Gasteiger partial charge in [-0.1, -0.05) is 73.6 Å². The number of ketones is 2. The first-order valence-corrected chi connectivity index (χ1v) is 20.3. The zero-order valence-electron chi connectivity index (χ0n) is 32.9. The minimum atomic E-state index is -1.02. The molecule has 2 aliphatic heterocycles. The molecule has 0 radical (unpaired) electrons. The summed E-state index contributed by atoms with van der Waals surface area (Å²) in [5.41, 5.74) is 4.07. The van der Waals surface area contributed by atoms with E-state index in [2.05, 4.69) is 17.6 Å². The van der Waals surface area contributed by atoms with Crippen molar-refractivity contribution in [2.75, 3.05) is 13.1 Å². The Labute approximate surface area is 314 Å². The number of urea groups is 1. The molecule has 0 aromatic carbocycles. The fourth-order valence-electron chi connectivity index (χ4n) is 10.4. The Hall–Kier alpha value is -3.31. The number of imide groups is 1. The number of hydrogen-bond donors (Lipinski definition) is 3. The Morgan fingerprint density at radius 1 is 0.868 bits per heavy atom. The van der Waals surface area contributed by atoms with Crippen LogP contribution in [0, 0.1) is 45.3 Å². The maximum Gasteiger partial charge on any atom is 0.315 e. The minimum Gasteiger partial charge on any atom is -0.363 e. The predicted molar refractivity (Wildman–Crippen MR) is 198 cm³/mol. The molecule has 0 aromatic heterocycles. The van der Waals surface area contributed by atoms with Gasteiger partial charge in [-0.2, -0.15) is 0 Å². The number of rotatable bonds is 13. The predicted octanol–water partition coefficient (Wildman–Crippen LogP) is 4.66. The van der Waals surface area contributed by atoms with Gasteiger partial charge in [0.1, 0.15) is 6.04 Å². The van der Waals surface area contributed by atoms with Crippen LogP contribution in [0.1, 0.15) is 138 Å². The van der Waals surface area contributed by atoms with Crippen molar-refractivity contribution in [1.29, 1.82) is 0 Å². The molecule has 6 rings (SSSR count). The highest BCUT2D eigenvalue weighted by Gasteiger charge is 2.64. The molecule has 4 aliphatic carbocycles. The van der Waals surface area contributed by atoms with Gasteiger partial charge in [0, 0.05) is 38.3 Å². The number of carbonyl (C=O) groups is 7. The van der Waals surface area contributed by atoms with Crippen molar-refractivity contribution in [3.8, 4) is 0 Å². The van der Waals surface area contributed by atoms with E-state index >= 15 is 4.79 Å². The standard InChI is InChI=1S/C41H63N5O7/c1-38(2,3)29(23-45-30(48)20-39(4,5)21-31(45)49)43-37(53)44-34(40(6)13-8-7-9-14-40)36(52)46-22-27-26(12-15-41(27)16-17-41)32(46)28(47)19-25(18-24-10-11-24)33(50)35(42)51/h24-27,29,32,34H,7-23H2,1-6H3,(H2,42,51)(H2,43,44,53)/t25?,26-,27-,29+,32-,34+/m0/s1. The fraction of sp³-hybridized carbons (Fsp3) is 0.829. The molecule has 12 nitrogen and oxygen atoms in total. The summed E-state index contributed by atoms with van der Waals surface area (Å²) in [5.74, 6) is -3.03. The van der Waals surface area contributed by atoms with E-state index < -0.39 is 58.0 Å². The summed E-state index contributed by atoms with van der Waals surface area (Å²) in [6.45, 7) is 12.2. The third-order valence-corrected chi connectivity index (χ3v) is 14.1. The first kappa shape index (κ1) is 39.4. The summed E-state index contributed by atoms with van der Waals surface area (Å²) in [6, 6.07) is -2.78. The van der Waals surface area contributed by atoms with Crippen LogP contribution >= 0.6 is 0 Å². The molecule has 2 heterocycles. The van der Waals surface area contributed by atoms with Gasteiger partial charge in [0.05, 0.1) is 12.1 Å². The molecule has 0 aromatic rings. The Kier molecular flexibility index (Phi) is 10.7. The number of likely N-dealkylation sites (tertiary alicyclic amines) is 2. The molecule has 4 saturated carbocycles. The molecule has 1 unspecified atom stereocenters. The molecule has 294 valence electrons. The maximum atomic E-state index is 15.1. The monoisotopic (exact) mass is 737 g/mol. The number of piperidine rings is 1. The number of amides is 6. The second-order valence-corrected chi connectivity index (χ2v) is 20.0. The van der Waals surface area contributed by atoms with E-state index in [9.17, 15) is 28.8 Å². The van der Waals surface area contributed by atoms with Crippen LogP contribution in [0.5, 0.6) is 0 Å². The van der Waals surface area contributed by atoms with Crippen LogP contribution in [-0.2, 0) is 28.8 Å². The number of Topliss-reactive ketones (excluding diaryl/α,β-unsaturated/α-hetero) is 2. The Bertz CT molecular complexity index is 1500. The quantitative estimate of drug-likeness (QED) is 0.182. The average Bonchev–Trinajstić information content (AvgIpc) is 3.97. The van der Waals surface area contributed by atoms with E-state index in [1.54, 1.807) is 4.90 Å². The van der Waals surface area contributed by atoms with E-state index in [1.807, 2.05) is 34.6 Å². The molecular weight excluding hydrogens is 674 g/mol. The molecular formula is C41H63N5O7. The van der Waals surface area contributed by atoms with Gasteiger partial charge in [0.2, 0.25) is 23.5 Å². The molecule has 6 aliphatic rings. The second kappa shape index (κ2) is 14.4. The van der Waals surface area contributed by atoms with Crippen LogP contribution in [0.3, 0.4) is 0 Å². The normalized spacial score (nSPS) is 28.9. The van der Waals surface area contributed by atoms with Crippen LogP contribution < -0.4 is 16.4 Å². The van der Waals surface area contributed by atoms with Crippen LogP contribution in [0.15, 0.2) is 0 Å². The number of fused-ring (bicyclic) bond motifs is 2. The lowest BCUT2D eigenvalue weighted by Crippen LogP contribution is -2.63. The molecule has 4 N–H and O–H groups in total. The van der Waals surface area contributed by atoms with Crippen molar-refractivity contribution >= 4 is 41.2 Å². The molecule has 53 heavy (non-hydrogen) atoms. The van der Waals surface area contributed by atoms with E-state index in [0.717, 1.165) is 70.6 Å². The molecule has 6 atom stereocenters. The summed E-state index contributed by atoms with van der Waals surface area (Å²) >= 11 is 0. The lowest BCUT2D eigenvalue weighted by Gasteiger charge is -2.43. The Morgan fingerprint density at radius 3 is 2.04 bits per heavy atom. The Morgan fingerprint density at radius 2 is 1.49 bits per heavy atom. The number of hydrogen-bond acceptors (Lipinski definition) is 7. The lowest BCUT2D eigenvalue weighted by atomic mass is 9.70. The van der Waals surface area contributed by atoms with Crippen LogP contribution in [0.25, 0.3) is 0 Å². The lowest BCUT2D eigenvalue weighted by molar-refractivity contribution is -0.153. The van der Waals surface area contributed by atoms with Crippen molar-refractivity contribution < 1.29 is 33.6 Å². The summed E-state index contributed by atoms with van der Waals surface area (Å²) in [7, 11) is 0. The number of carbonyl (C=O) groups excluding carboxylic acids is 7. The number of nitrogens with two attached hydrogens (primary N) is 1. The van der Waals surface area contributed by atoms with Crippen molar-refractivity contribution in [1.82, 2.24) is 20.4 Å². The van der Waals surface area contributed by atoms with Crippen molar-refractivity contribution in [2.24, 2.45) is 51.1 Å². The smallest absolute Gasteiger partial charge is 0.315 e. The molecule has 12 heteroatoms. The van der Waals surface area contributed by atoms with Crippen LogP contribution in [0.4, 0.5) is 4.79 Å². The first-order valence-electron chi connectivity index (χ1n) is 20.3. The highest BCUT2D eigenvalue weighted by atomic mass is 16.2. The van der Waals surface area contributed by atoms with Crippen molar-refractivity contribution in [3.63, 3.8) is 0 Å². The molecule has 6 amide bonds. The van der Waals surface area contributed by atoms with Gasteiger partial charge in [-0.05, 0) is 84.4 Å². The van der Waals surface area contributed by atoms with Gasteiger partial charge in [-0.25, -0.2) is 4.79 Å². The van der Waals surface area contributed by atoms with E-state index in [-0.39, 0.29) is 66.6 Å². The first-order chi connectivity index (χ1) is 24.7. The third kappa shape index (κ3) is 8.36. The number of nitrogens with zero attached hydrogens (tertiary/aromatic N) is 2.